The number of nitrogens with zero attached hydrogens (tertiary/aromatic N) is 1. The predicted octanol–water partition coefficient (Wildman–Crippen LogP) is 3.64. The first-order valence-electron chi connectivity index (χ1n) is 2.92. The second-order valence-corrected chi connectivity index (χ2v) is 2.04. The van der Waals surface area contributed by atoms with Gasteiger partial charge in [-0.25, -0.2) is 0 Å². The van der Waals surface area contributed by atoms with Crippen molar-refractivity contribution in [3.63, 3.8) is 0 Å². The van der Waals surface area contributed by atoms with E-state index in [0.717, 1.165) is 0 Å². The van der Waals surface area contributed by atoms with Crippen LogP contribution in [0, 0.1) is 17.0 Å². The Hall–Kier alpha value is 0.0600. The second kappa shape index (κ2) is 8.65. The molecule has 3 nitrogen and oxygen atoms in total. The van der Waals surface area contributed by atoms with Crippen molar-refractivity contribution in [1.29, 1.82) is 0 Å². The fourth-order valence-electron chi connectivity index (χ4n) is 0.768. The van der Waals surface area contributed by atoms with Gasteiger partial charge in [0.25, 0.3) is 5.69 Å². The van der Waals surface area contributed by atoms with Crippen molar-refractivity contribution in [3.05, 3.63) is 39.9 Å². The molecule has 6 heteroatoms. The van der Waals surface area contributed by atoms with Crippen molar-refractivity contribution in [2.75, 3.05) is 0 Å². The van der Waals surface area contributed by atoms with Crippen molar-refractivity contribution in [2.45, 2.75) is 6.92 Å². The average Bonchev–Trinajstić information content (AvgIpc) is 1.88. The molecule has 0 saturated carbocycles. The first-order valence-corrected chi connectivity index (χ1v) is 2.92. The Morgan fingerprint density at radius 1 is 1.15 bits per heavy atom. The molecule has 0 spiro atoms. The number of para-hydroxylation sites is 1. The van der Waals surface area contributed by atoms with Crippen LogP contribution in [0.15, 0.2) is 24.3 Å². The Morgan fingerprint density at radius 2 is 1.62 bits per heavy atom. The van der Waals surface area contributed by atoms with Gasteiger partial charge in [0.15, 0.2) is 0 Å². The van der Waals surface area contributed by atoms with Crippen LogP contribution in [0.3, 0.4) is 0 Å². The first kappa shape index (κ1) is 18.8. The highest BCUT2D eigenvalue weighted by Gasteiger charge is 2.05. The number of nitro groups is 1. The topological polar surface area (TPSA) is 43.1 Å². The van der Waals surface area contributed by atoms with Gasteiger partial charge < -0.3 is 0 Å². The van der Waals surface area contributed by atoms with Crippen LogP contribution in [-0.2, 0) is 0 Å². The summed E-state index contributed by atoms with van der Waals surface area (Å²) in [5.74, 6) is 0. The Bertz CT molecular complexity index is 268. The molecular formula is C7H10Br3NO2. The number of halogens is 3. The van der Waals surface area contributed by atoms with Gasteiger partial charge in [-0.2, -0.15) is 0 Å². The summed E-state index contributed by atoms with van der Waals surface area (Å²) >= 11 is 0. The van der Waals surface area contributed by atoms with Gasteiger partial charge in [0.2, 0.25) is 0 Å². The molecule has 0 heterocycles. The summed E-state index contributed by atoms with van der Waals surface area (Å²) in [6.07, 6.45) is 0. The molecule has 0 aliphatic heterocycles. The van der Waals surface area contributed by atoms with Crippen LogP contribution in [0.1, 0.15) is 5.56 Å². The number of hydrogen-bond donors (Lipinski definition) is 0. The van der Waals surface area contributed by atoms with Gasteiger partial charge >= 0.3 is 0 Å². The van der Waals surface area contributed by atoms with E-state index < -0.39 is 0 Å². The molecule has 0 unspecified atom stereocenters. The van der Waals surface area contributed by atoms with Gasteiger partial charge in [-0.15, -0.1) is 50.9 Å². The Morgan fingerprint density at radius 3 is 1.92 bits per heavy atom. The molecule has 0 aromatic heterocycles. The minimum absolute atomic E-state index is 0. The maximum absolute atomic E-state index is 10.2. The lowest BCUT2D eigenvalue weighted by molar-refractivity contribution is -0.385. The molecule has 1 aromatic rings. The third-order valence-corrected chi connectivity index (χ3v) is 1.31. The smallest absolute Gasteiger partial charge is 0.258 e. The monoisotopic (exact) mass is 377 g/mol. The molecule has 13 heavy (non-hydrogen) atoms. The van der Waals surface area contributed by atoms with E-state index in [0.29, 0.717) is 5.56 Å². The zero-order valence-electron chi connectivity index (χ0n) is 6.80. The van der Waals surface area contributed by atoms with Crippen LogP contribution in [0.25, 0.3) is 0 Å². The zero-order valence-corrected chi connectivity index (χ0v) is 11.9. The minimum atomic E-state index is -0.380. The highest BCUT2D eigenvalue weighted by molar-refractivity contribution is 8.93. The van der Waals surface area contributed by atoms with Crippen LogP contribution < -0.4 is 0 Å². The number of nitro benzene ring substituents is 1. The minimum Gasteiger partial charge on any atom is -0.258 e. The highest BCUT2D eigenvalue weighted by Crippen LogP contribution is 2.14. The quantitative estimate of drug-likeness (QED) is 0.552. The fraction of sp³-hybridized carbons (Fsp3) is 0.143. The van der Waals surface area contributed by atoms with Gasteiger partial charge in [-0.1, -0.05) is 18.2 Å². The SMILES string of the molecule is Br.Br.Br.Cc1ccccc1[N+](=O)[O-]. The number of rotatable bonds is 1. The maximum atomic E-state index is 10.2. The van der Waals surface area contributed by atoms with Crippen LogP contribution in [0.4, 0.5) is 5.69 Å². The van der Waals surface area contributed by atoms with Gasteiger partial charge in [0.1, 0.15) is 0 Å². The Labute approximate surface area is 108 Å². The van der Waals surface area contributed by atoms with Crippen molar-refractivity contribution in [2.24, 2.45) is 0 Å². The molecule has 0 atom stereocenters. The van der Waals surface area contributed by atoms with Crippen molar-refractivity contribution >= 4 is 56.6 Å². The number of hydrogen-bond acceptors (Lipinski definition) is 2. The summed E-state index contributed by atoms with van der Waals surface area (Å²) in [5, 5.41) is 10.2. The second-order valence-electron chi connectivity index (χ2n) is 2.04. The Balaban J connectivity index is -0.000000333. The summed E-state index contributed by atoms with van der Waals surface area (Å²) in [7, 11) is 0. The molecule has 0 N–H and O–H groups in total. The van der Waals surface area contributed by atoms with Crippen molar-refractivity contribution in [1.82, 2.24) is 0 Å². The first-order chi connectivity index (χ1) is 4.72. The van der Waals surface area contributed by atoms with Gasteiger partial charge in [-0.3, -0.25) is 10.1 Å². The van der Waals surface area contributed by atoms with E-state index >= 15 is 0 Å². The zero-order chi connectivity index (χ0) is 7.56. The molecule has 1 rings (SSSR count). The standard InChI is InChI=1S/C7H7NO2.3BrH/c1-6-4-2-3-5-7(6)8(9)10;;;/h2-5H,1H3;3*1H. The summed E-state index contributed by atoms with van der Waals surface area (Å²) in [5.41, 5.74) is 0.884. The molecule has 0 aliphatic rings. The average molecular weight is 380 g/mol. The molecule has 0 amide bonds. The van der Waals surface area contributed by atoms with E-state index in [1.165, 1.54) is 6.07 Å². The molecular weight excluding hydrogens is 370 g/mol. The van der Waals surface area contributed by atoms with Gasteiger partial charge in [0.05, 0.1) is 4.92 Å². The normalized spacial score (nSPS) is 7.15. The van der Waals surface area contributed by atoms with E-state index in [2.05, 4.69) is 0 Å². The van der Waals surface area contributed by atoms with Crippen LogP contribution >= 0.6 is 50.9 Å². The van der Waals surface area contributed by atoms with Gasteiger partial charge in [0, 0.05) is 11.6 Å². The van der Waals surface area contributed by atoms with E-state index in [9.17, 15) is 10.1 Å². The third kappa shape index (κ3) is 5.38. The predicted molar refractivity (Wildman–Crippen MR) is 68.8 cm³/mol. The molecule has 0 fully saturated rings. The fourth-order valence-corrected chi connectivity index (χ4v) is 0.768. The largest absolute Gasteiger partial charge is 0.272 e. The van der Waals surface area contributed by atoms with Crippen molar-refractivity contribution in [3.8, 4) is 0 Å². The number of benzene rings is 1. The van der Waals surface area contributed by atoms with Crippen LogP contribution in [0.5, 0.6) is 0 Å². The van der Waals surface area contributed by atoms with Crippen LogP contribution in [-0.4, -0.2) is 4.92 Å². The molecule has 0 radical (unpaired) electrons. The summed E-state index contributed by atoms with van der Waals surface area (Å²) in [6.45, 7) is 1.72. The maximum Gasteiger partial charge on any atom is 0.272 e. The van der Waals surface area contributed by atoms with E-state index in [-0.39, 0.29) is 61.6 Å². The molecule has 1 aromatic carbocycles. The Kier molecular flexibility index (Phi) is 12.5. The van der Waals surface area contributed by atoms with E-state index in [4.69, 9.17) is 0 Å². The van der Waals surface area contributed by atoms with E-state index in [1.807, 2.05) is 0 Å². The van der Waals surface area contributed by atoms with Gasteiger partial charge in [-0.05, 0) is 6.92 Å². The van der Waals surface area contributed by atoms with Crippen molar-refractivity contribution < 1.29 is 4.92 Å². The lowest BCUT2D eigenvalue weighted by atomic mass is 10.2. The molecule has 76 valence electrons. The third-order valence-electron chi connectivity index (χ3n) is 1.31. The summed E-state index contributed by atoms with van der Waals surface area (Å²) in [4.78, 5) is 9.85. The number of aryl methyl sites for hydroxylation is 1. The van der Waals surface area contributed by atoms with Crippen LogP contribution in [0.2, 0.25) is 0 Å². The summed E-state index contributed by atoms with van der Waals surface area (Å²) < 4.78 is 0. The molecule has 0 aliphatic carbocycles. The van der Waals surface area contributed by atoms with E-state index in [1.54, 1.807) is 25.1 Å². The molecule has 0 saturated heterocycles. The molecule has 0 bridgehead atoms. The lowest BCUT2D eigenvalue weighted by Crippen LogP contribution is -1.89. The summed E-state index contributed by atoms with van der Waals surface area (Å²) in [6, 6.07) is 6.65. The highest BCUT2D eigenvalue weighted by atomic mass is 79.9. The lowest BCUT2D eigenvalue weighted by Gasteiger charge is -1.92.